The first-order valence-corrected chi connectivity index (χ1v) is 6.00. The fraction of sp³-hybridized carbons (Fsp3) is 0.800. The molecule has 0 rings (SSSR count). The molecule has 0 saturated carbocycles. The summed E-state index contributed by atoms with van der Waals surface area (Å²) in [4.78, 5) is 12.6. The van der Waals surface area contributed by atoms with Crippen molar-refractivity contribution in [2.24, 2.45) is 0 Å². The van der Waals surface area contributed by atoms with E-state index in [0.29, 0.717) is 0 Å². The van der Waals surface area contributed by atoms with Crippen LogP contribution in [0.25, 0.3) is 0 Å². The third kappa shape index (κ3) is 2.54. The third-order valence-electron chi connectivity index (χ3n) is 0.887. The van der Waals surface area contributed by atoms with E-state index in [1.54, 1.807) is 0 Å². The Morgan fingerprint density at radius 2 is 2.25 bits per heavy atom. The summed E-state index contributed by atoms with van der Waals surface area (Å²) in [5.41, 5.74) is 0. The SMILES string of the molecule is COC(=O)C(C)[Te]C. The van der Waals surface area contributed by atoms with E-state index in [4.69, 9.17) is 0 Å². The van der Waals surface area contributed by atoms with E-state index in [1.807, 2.05) is 6.92 Å². The van der Waals surface area contributed by atoms with Gasteiger partial charge in [0.2, 0.25) is 0 Å². The standard InChI is InChI=1S/C5H10O2Te/c1-4(8-3)5(6)7-2/h4H,1-3H3. The summed E-state index contributed by atoms with van der Waals surface area (Å²) >= 11 is -0.128. The van der Waals surface area contributed by atoms with Crippen molar-refractivity contribution in [1.82, 2.24) is 0 Å². The Kier molecular flexibility index (Phi) is 4.30. The second kappa shape index (κ2) is 4.17. The molecule has 1 atom stereocenters. The fourth-order valence-corrected chi connectivity index (χ4v) is 1.09. The molecule has 0 amide bonds. The molecular weight excluding hydrogens is 220 g/mol. The van der Waals surface area contributed by atoms with Gasteiger partial charge in [-0.25, -0.2) is 0 Å². The predicted molar refractivity (Wildman–Crippen MR) is 33.1 cm³/mol. The zero-order valence-electron chi connectivity index (χ0n) is 5.30. The molecular formula is C5H10O2Te. The molecule has 0 radical (unpaired) electrons. The summed E-state index contributed by atoms with van der Waals surface area (Å²) in [6, 6.07) is 0. The zero-order chi connectivity index (χ0) is 6.57. The molecule has 0 N–H and O–H groups in total. The van der Waals surface area contributed by atoms with E-state index in [9.17, 15) is 4.79 Å². The summed E-state index contributed by atoms with van der Waals surface area (Å²) in [6.45, 7) is 1.91. The molecule has 0 bridgehead atoms. The molecule has 0 aliphatic heterocycles. The first-order chi connectivity index (χ1) is 3.72. The summed E-state index contributed by atoms with van der Waals surface area (Å²) in [5, 5.41) is 0. The number of hydrogen-bond donors (Lipinski definition) is 0. The maximum absolute atomic E-state index is 10.6. The van der Waals surface area contributed by atoms with Crippen LogP contribution in [0, 0.1) is 0 Å². The summed E-state index contributed by atoms with van der Waals surface area (Å²) in [5.74, 6) is -0.0603. The summed E-state index contributed by atoms with van der Waals surface area (Å²) in [6.07, 6.45) is 0. The van der Waals surface area contributed by atoms with Crippen LogP contribution in [0.15, 0.2) is 0 Å². The molecule has 0 fully saturated rings. The maximum atomic E-state index is 10.6. The van der Waals surface area contributed by atoms with Gasteiger partial charge < -0.3 is 0 Å². The Morgan fingerprint density at radius 3 is 2.38 bits per heavy atom. The second-order valence-corrected chi connectivity index (χ2v) is 4.76. The van der Waals surface area contributed by atoms with Crippen LogP contribution in [-0.2, 0) is 9.53 Å². The van der Waals surface area contributed by atoms with Crippen molar-refractivity contribution in [2.75, 3.05) is 7.11 Å². The molecule has 2 nitrogen and oxygen atoms in total. The zero-order valence-corrected chi connectivity index (χ0v) is 7.63. The van der Waals surface area contributed by atoms with Crippen molar-refractivity contribution in [3.05, 3.63) is 0 Å². The normalized spacial score (nSPS) is 12.9. The van der Waals surface area contributed by atoms with E-state index < -0.39 is 0 Å². The van der Waals surface area contributed by atoms with Crippen LogP contribution in [-0.4, -0.2) is 34.0 Å². The van der Waals surface area contributed by atoms with E-state index in [1.165, 1.54) is 7.11 Å². The van der Waals surface area contributed by atoms with Gasteiger partial charge in [-0.1, -0.05) is 0 Å². The average Bonchev–Trinajstić information content (AvgIpc) is 1.84. The average molecular weight is 230 g/mol. The van der Waals surface area contributed by atoms with Gasteiger partial charge in [0, 0.05) is 0 Å². The number of methoxy groups -OCH3 is 1. The molecule has 0 aromatic rings. The van der Waals surface area contributed by atoms with Gasteiger partial charge in [-0.05, 0) is 0 Å². The van der Waals surface area contributed by atoms with E-state index >= 15 is 0 Å². The predicted octanol–water partition coefficient (Wildman–Crippen LogP) is 0.720. The number of esters is 1. The molecule has 0 aliphatic carbocycles. The molecule has 3 heteroatoms. The monoisotopic (exact) mass is 232 g/mol. The topological polar surface area (TPSA) is 26.3 Å². The van der Waals surface area contributed by atoms with Gasteiger partial charge >= 0.3 is 59.4 Å². The van der Waals surface area contributed by atoms with Gasteiger partial charge in [-0.3, -0.25) is 0 Å². The first kappa shape index (κ1) is 8.26. The van der Waals surface area contributed by atoms with Gasteiger partial charge in [0.15, 0.2) is 0 Å². The van der Waals surface area contributed by atoms with Gasteiger partial charge in [0.1, 0.15) is 0 Å². The number of carbonyl (C=O) groups excluding carboxylic acids is 1. The van der Waals surface area contributed by atoms with E-state index in [0.717, 1.165) is 0 Å². The molecule has 48 valence electrons. The molecule has 0 aliphatic rings. The van der Waals surface area contributed by atoms with E-state index in [2.05, 4.69) is 9.71 Å². The summed E-state index contributed by atoms with van der Waals surface area (Å²) in [7, 11) is 1.43. The molecule has 0 heterocycles. The quantitative estimate of drug-likeness (QED) is 0.515. The van der Waals surface area contributed by atoms with Crippen LogP contribution in [0.3, 0.4) is 0 Å². The van der Waals surface area contributed by atoms with Gasteiger partial charge in [-0.2, -0.15) is 0 Å². The van der Waals surface area contributed by atoms with Gasteiger partial charge in [0.25, 0.3) is 0 Å². The van der Waals surface area contributed by atoms with Crippen molar-refractivity contribution in [3.63, 3.8) is 0 Å². The van der Waals surface area contributed by atoms with Crippen molar-refractivity contribution < 1.29 is 9.53 Å². The van der Waals surface area contributed by atoms with Crippen molar-refractivity contribution in [1.29, 1.82) is 0 Å². The van der Waals surface area contributed by atoms with Crippen LogP contribution in [0.4, 0.5) is 0 Å². The number of hydrogen-bond acceptors (Lipinski definition) is 2. The van der Waals surface area contributed by atoms with Gasteiger partial charge in [-0.15, -0.1) is 0 Å². The Balaban J connectivity index is 3.46. The van der Waals surface area contributed by atoms with Crippen LogP contribution < -0.4 is 0 Å². The minimum absolute atomic E-state index is 0.0603. The van der Waals surface area contributed by atoms with E-state index in [-0.39, 0.29) is 30.9 Å². The van der Waals surface area contributed by atoms with Crippen molar-refractivity contribution in [3.8, 4) is 0 Å². The number of carbonyl (C=O) groups is 1. The molecule has 0 spiro atoms. The molecule has 8 heavy (non-hydrogen) atoms. The van der Waals surface area contributed by atoms with Crippen LogP contribution in [0.5, 0.6) is 0 Å². The Morgan fingerprint density at radius 1 is 1.75 bits per heavy atom. The first-order valence-electron chi connectivity index (χ1n) is 2.33. The third-order valence-corrected chi connectivity index (χ3v) is 3.45. The Hall–Kier alpha value is 0.260. The molecule has 0 aromatic carbocycles. The number of ether oxygens (including phenoxy) is 1. The van der Waals surface area contributed by atoms with Crippen LogP contribution >= 0.6 is 0 Å². The summed E-state index contributed by atoms with van der Waals surface area (Å²) < 4.78 is 4.68. The minimum atomic E-state index is -0.128. The fourth-order valence-electron chi connectivity index (χ4n) is 0.262. The molecule has 1 unspecified atom stereocenters. The number of rotatable bonds is 2. The Labute approximate surface area is 59.7 Å². The van der Waals surface area contributed by atoms with Crippen LogP contribution in [0.2, 0.25) is 8.94 Å². The molecule has 0 saturated heterocycles. The molecule has 0 aromatic heterocycles. The second-order valence-electron chi connectivity index (χ2n) is 1.40. The van der Waals surface area contributed by atoms with Crippen molar-refractivity contribution >= 4 is 26.9 Å². The van der Waals surface area contributed by atoms with Gasteiger partial charge in [0.05, 0.1) is 0 Å². The van der Waals surface area contributed by atoms with Crippen molar-refractivity contribution in [2.45, 2.75) is 15.9 Å². The van der Waals surface area contributed by atoms with Crippen LogP contribution in [0.1, 0.15) is 6.92 Å². The Bertz CT molecular complexity index is 82.5.